The Hall–Kier alpha value is -3.01. The van der Waals surface area contributed by atoms with Gasteiger partial charge in [-0.3, -0.25) is 30.6 Å². The van der Waals surface area contributed by atoms with Gasteiger partial charge in [-0.2, -0.15) is 0 Å². The lowest BCUT2D eigenvalue weighted by Gasteiger charge is -2.10. The lowest BCUT2D eigenvalue weighted by Crippen LogP contribution is -2.48. The number of hydrogen-bond acceptors (Lipinski definition) is 4. The average molecular weight is 483 g/mol. The summed E-state index contributed by atoms with van der Waals surface area (Å²) in [6, 6.07) is 10.2. The van der Waals surface area contributed by atoms with Crippen LogP contribution in [-0.4, -0.2) is 22.8 Å². The van der Waals surface area contributed by atoms with Crippen LogP contribution in [0.1, 0.15) is 18.4 Å². The molecule has 0 saturated carbocycles. The van der Waals surface area contributed by atoms with E-state index in [-0.39, 0.29) is 28.8 Å². The molecular formula is C20H17Cl2FN4O3S. The Morgan fingerprint density at radius 2 is 1.65 bits per heavy atom. The van der Waals surface area contributed by atoms with Crippen molar-refractivity contribution in [2.75, 3.05) is 5.32 Å². The molecule has 0 spiro atoms. The van der Waals surface area contributed by atoms with Crippen LogP contribution in [0.4, 0.5) is 10.1 Å². The summed E-state index contributed by atoms with van der Waals surface area (Å²) < 4.78 is 12.8. The Kier molecular flexibility index (Phi) is 9.39. The molecule has 0 heterocycles. The summed E-state index contributed by atoms with van der Waals surface area (Å²) in [7, 11) is 0. The number of amides is 3. The molecule has 0 radical (unpaired) electrons. The molecule has 4 N–H and O–H groups in total. The van der Waals surface area contributed by atoms with Crippen molar-refractivity contribution < 1.29 is 18.8 Å². The van der Waals surface area contributed by atoms with E-state index in [1.54, 1.807) is 12.1 Å². The molecule has 31 heavy (non-hydrogen) atoms. The minimum Gasteiger partial charge on any atom is -0.325 e. The molecule has 2 aromatic carbocycles. The summed E-state index contributed by atoms with van der Waals surface area (Å²) in [5.41, 5.74) is 5.64. The van der Waals surface area contributed by atoms with Crippen molar-refractivity contribution in [2.24, 2.45) is 0 Å². The quantitative estimate of drug-likeness (QED) is 0.286. The predicted octanol–water partition coefficient (Wildman–Crippen LogP) is 3.59. The van der Waals surface area contributed by atoms with Gasteiger partial charge < -0.3 is 5.32 Å². The minimum atomic E-state index is -0.546. The van der Waals surface area contributed by atoms with E-state index in [4.69, 9.17) is 35.4 Å². The van der Waals surface area contributed by atoms with Gasteiger partial charge >= 0.3 is 0 Å². The van der Waals surface area contributed by atoms with E-state index in [1.165, 1.54) is 42.5 Å². The minimum absolute atomic E-state index is 0.105. The summed E-state index contributed by atoms with van der Waals surface area (Å²) in [6.45, 7) is 0. The number of hydrazine groups is 1. The van der Waals surface area contributed by atoms with Gasteiger partial charge in [0.05, 0.1) is 10.7 Å². The van der Waals surface area contributed by atoms with Gasteiger partial charge in [0.15, 0.2) is 5.11 Å². The maximum absolute atomic E-state index is 12.8. The molecule has 2 rings (SSSR count). The van der Waals surface area contributed by atoms with Crippen LogP contribution in [0.25, 0.3) is 6.08 Å². The van der Waals surface area contributed by atoms with Crippen LogP contribution in [0, 0.1) is 5.82 Å². The highest BCUT2D eigenvalue weighted by Gasteiger charge is 2.10. The lowest BCUT2D eigenvalue weighted by atomic mass is 10.2. The molecular weight excluding hydrogens is 466 g/mol. The molecule has 0 aliphatic carbocycles. The van der Waals surface area contributed by atoms with E-state index < -0.39 is 17.7 Å². The summed E-state index contributed by atoms with van der Waals surface area (Å²) in [5.74, 6) is -1.86. The standard InChI is InChI=1S/C20H17Cl2FN4O3S/c21-13-4-7-16(15(22)11-13)24-17(28)9-10-19(30)26-27-20(31)25-18(29)8-3-12-1-5-14(23)6-2-12/h1-8,11H,9-10H2,(H,24,28)(H,26,30)(H2,25,27,29,31). The number of thiocarbonyl (C=S) groups is 1. The number of hydrogen-bond donors (Lipinski definition) is 4. The SMILES string of the molecule is O=C(C=Cc1ccc(F)cc1)NC(=S)NNC(=O)CCC(=O)Nc1ccc(Cl)cc1Cl. The third kappa shape index (κ3) is 9.12. The maximum Gasteiger partial charge on any atom is 0.250 e. The largest absolute Gasteiger partial charge is 0.325 e. The molecule has 0 aromatic heterocycles. The van der Waals surface area contributed by atoms with Gasteiger partial charge in [-0.05, 0) is 54.2 Å². The zero-order chi connectivity index (χ0) is 22.8. The van der Waals surface area contributed by atoms with Crippen molar-refractivity contribution in [2.45, 2.75) is 12.8 Å². The third-order valence-corrected chi connectivity index (χ3v) is 4.39. The third-order valence-electron chi connectivity index (χ3n) is 3.63. The Balaban J connectivity index is 1.67. The maximum atomic E-state index is 12.8. The Bertz CT molecular complexity index is 1020. The highest BCUT2D eigenvalue weighted by atomic mass is 35.5. The first-order valence-electron chi connectivity index (χ1n) is 8.81. The van der Waals surface area contributed by atoms with Crippen molar-refractivity contribution in [3.63, 3.8) is 0 Å². The summed E-state index contributed by atoms with van der Waals surface area (Å²) >= 11 is 16.7. The summed E-state index contributed by atoms with van der Waals surface area (Å²) in [5, 5.41) is 5.47. The fourth-order valence-electron chi connectivity index (χ4n) is 2.15. The van der Waals surface area contributed by atoms with Gasteiger partial charge in [-0.25, -0.2) is 4.39 Å². The lowest BCUT2D eigenvalue weighted by molar-refractivity contribution is -0.124. The fourth-order valence-corrected chi connectivity index (χ4v) is 2.76. The van der Waals surface area contributed by atoms with Crippen LogP contribution in [0.5, 0.6) is 0 Å². The normalized spacial score (nSPS) is 10.4. The van der Waals surface area contributed by atoms with Gasteiger partial charge in [0.1, 0.15) is 5.82 Å². The second-order valence-electron chi connectivity index (χ2n) is 6.05. The number of nitrogens with one attached hydrogen (secondary N) is 4. The predicted molar refractivity (Wildman–Crippen MR) is 122 cm³/mol. The molecule has 0 atom stereocenters. The molecule has 7 nitrogen and oxygen atoms in total. The number of halogens is 3. The fraction of sp³-hybridized carbons (Fsp3) is 0.100. The Morgan fingerprint density at radius 3 is 2.32 bits per heavy atom. The van der Waals surface area contributed by atoms with Gasteiger partial charge in [0.2, 0.25) is 17.7 Å². The summed E-state index contributed by atoms with van der Waals surface area (Å²) in [6.07, 6.45) is 2.44. The molecule has 162 valence electrons. The number of carbonyl (C=O) groups is 3. The molecule has 11 heteroatoms. The van der Waals surface area contributed by atoms with Gasteiger partial charge in [0.25, 0.3) is 0 Å². The molecule has 0 unspecified atom stereocenters. The smallest absolute Gasteiger partial charge is 0.250 e. The highest BCUT2D eigenvalue weighted by Crippen LogP contribution is 2.25. The van der Waals surface area contributed by atoms with E-state index in [2.05, 4.69) is 21.5 Å². The van der Waals surface area contributed by atoms with E-state index in [9.17, 15) is 18.8 Å². The van der Waals surface area contributed by atoms with Gasteiger partial charge in [-0.15, -0.1) is 0 Å². The van der Waals surface area contributed by atoms with Crippen LogP contribution in [0.3, 0.4) is 0 Å². The Morgan fingerprint density at radius 1 is 0.968 bits per heavy atom. The molecule has 0 bridgehead atoms. The average Bonchev–Trinajstić information content (AvgIpc) is 2.72. The molecule has 2 aromatic rings. The number of rotatable bonds is 6. The zero-order valence-electron chi connectivity index (χ0n) is 15.9. The first-order chi connectivity index (χ1) is 14.7. The highest BCUT2D eigenvalue weighted by molar-refractivity contribution is 7.80. The number of carbonyl (C=O) groups excluding carboxylic acids is 3. The van der Waals surface area contributed by atoms with E-state index in [0.29, 0.717) is 16.3 Å². The van der Waals surface area contributed by atoms with Crippen LogP contribution in [0.2, 0.25) is 10.0 Å². The van der Waals surface area contributed by atoms with Crippen LogP contribution >= 0.6 is 35.4 Å². The van der Waals surface area contributed by atoms with Crippen molar-refractivity contribution >= 4 is 70.0 Å². The zero-order valence-corrected chi connectivity index (χ0v) is 18.2. The second kappa shape index (κ2) is 12.0. The molecule has 0 saturated heterocycles. The van der Waals surface area contributed by atoms with Crippen LogP contribution in [0.15, 0.2) is 48.5 Å². The topological polar surface area (TPSA) is 99.3 Å². The van der Waals surface area contributed by atoms with Crippen LogP contribution in [-0.2, 0) is 14.4 Å². The van der Waals surface area contributed by atoms with Gasteiger partial charge in [-0.1, -0.05) is 35.3 Å². The molecule has 0 aliphatic heterocycles. The first-order valence-corrected chi connectivity index (χ1v) is 9.97. The van der Waals surface area contributed by atoms with Gasteiger partial charge in [0, 0.05) is 23.9 Å². The van der Waals surface area contributed by atoms with E-state index >= 15 is 0 Å². The van der Waals surface area contributed by atoms with Crippen molar-refractivity contribution in [3.8, 4) is 0 Å². The van der Waals surface area contributed by atoms with Crippen LogP contribution < -0.4 is 21.5 Å². The summed E-state index contributed by atoms with van der Waals surface area (Å²) in [4.78, 5) is 35.5. The Labute approximate surface area is 193 Å². The second-order valence-corrected chi connectivity index (χ2v) is 7.30. The molecule has 0 fully saturated rings. The number of anilines is 1. The first kappa shape index (κ1) is 24.3. The van der Waals surface area contributed by atoms with E-state index in [1.807, 2.05) is 0 Å². The van der Waals surface area contributed by atoms with Crippen molar-refractivity contribution in [1.29, 1.82) is 0 Å². The monoisotopic (exact) mass is 482 g/mol. The van der Waals surface area contributed by atoms with E-state index in [0.717, 1.165) is 0 Å². The molecule has 0 aliphatic rings. The number of benzene rings is 2. The molecule has 3 amide bonds. The van der Waals surface area contributed by atoms with Crippen molar-refractivity contribution in [3.05, 3.63) is 70.0 Å². The van der Waals surface area contributed by atoms with Crippen molar-refractivity contribution in [1.82, 2.24) is 16.2 Å².